The van der Waals surface area contributed by atoms with Gasteiger partial charge in [-0.2, -0.15) is 5.10 Å². The molecule has 0 aliphatic carbocycles. The lowest BCUT2D eigenvalue weighted by Gasteiger charge is -2.19. The summed E-state index contributed by atoms with van der Waals surface area (Å²) < 4.78 is 19.9. The van der Waals surface area contributed by atoms with E-state index in [1.807, 2.05) is 26.8 Å². The summed E-state index contributed by atoms with van der Waals surface area (Å²) in [6, 6.07) is 6.20. The maximum atomic E-state index is 13.2. The number of nitrogens with one attached hydrogen (secondary N) is 1. The topological polar surface area (TPSA) is 56.1 Å². The molecule has 0 saturated carbocycles. The molecule has 5 nitrogen and oxygen atoms in total. The average molecular weight is 317 g/mol. The van der Waals surface area contributed by atoms with Gasteiger partial charge >= 0.3 is 6.09 Å². The summed E-state index contributed by atoms with van der Waals surface area (Å²) in [5.74, 6) is -0.309. The minimum absolute atomic E-state index is 0.309. The third-order valence-corrected chi connectivity index (χ3v) is 2.75. The molecule has 0 spiro atoms. The summed E-state index contributed by atoms with van der Waals surface area (Å²) in [6.45, 7) is 5.77. The van der Waals surface area contributed by atoms with Crippen LogP contribution in [0.1, 0.15) is 26.3 Å². The maximum Gasteiger partial charge on any atom is 0.407 e. The van der Waals surface area contributed by atoms with Crippen LogP contribution in [0.3, 0.4) is 0 Å². The SMILES string of the molecule is CC(C)(C)OC(=O)NCC=Cc1cnn(-c2cccc(F)c2)c1. The summed E-state index contributed by atoms with van der Waals surface area (Å²) in [7, 11) is 0. The highest BCUT2D eigenvalue weighted by Gasteiger charge is 2.14. The van der Waals surface area contributed by atoms with Crippen molar-refractivity contribution in [3.8, 4) is 5.69 Å². The molecule has 0 bridgehead atoms. The first-order valence-electron chi connectivity index (χ1n) is 7.27. The quantitative estimate of drug-likeness (QED) is 0.938. The predicted molar refractivity (Wildman–Crippen MR) is 86.8 cm³/mol. The summed E-state index contributed by atoms with van der Waals surface area (Å²) in [5, 5.41) is 6.81. The zero-order valence-corrected chi connectivity index (χ0v) is 13.4. The Bertz CT molecular complexity index is 702. The summed E-state index contributed by atoms with van der Waals surface area (Å²) in [4.78, 5) is 11.5. The van der Waals surface area contributed by atoms with Crippen molar-refractivity contribution in [3.05, 3.63) is 54.1 Å². The molecule has 122 valence electrons. The van der Waals surface area contributed by atoms with Crippen LogP contribution >= 0.6 is 0 Å². The van der Waals surface area contributed by atoms with Crippen molar-refractivity contribution < 1.29 is 13.9 Å². The predicted octanol–water partition coefficient (Wildman–Crippen LogP) is 3.55. The van der Waals surface area contributed by atoms with Crippen LogP contribution in [-0.4, -0.2) is 28.0 Å². The van der Waals surface area contributed by atoms with Gasteiger partial charge < -0.3 is 10.1 Å². The van der Waals surface area contributed by atoms with E-state index < -0.39 is 11.7 Å². The largest absolute Gasteiger partial charge is 0.444 e. The zero-order valence-electron chi connectivity index (χ0n) is 13.4. The summed E-state index contributed by atoms with van der Waals surface area (Å²) >= 11 is 0. The van der Waals surface area contributed by atoms with Gasteiger partial charge in [0.25, 0.3) is 0 Å². The fourth-order valence-electron chi connectivity index (χ4n) is 1.83. The van der Waals surface area contributed by atoms with E-state index in [1.165, 1.54) is 12.1 Å². The van der Waals surface area contributed by atoms with Gasteiger partial charge in [0.15, 0.2) is 0 Å². The second kappa shape index (κ2) is 7.09. The number of benzene rings is 1. The van der Waals surface area contributed by atoms with E-state index >= 15 is 0 Å². The number of alkyl carbamates (subject to hydrolysis) is 1. The van der Waals surface area contributed by atoms with E-state index in [-0.39, 0.29) is 5.82 Å². The van der Waals surface area contributed by atoms with Gasteiger partial charge in [0.1, 0.15) is 11.4 Å². The molecule has 0 saturated heterocycles. The van der Waals surface area contributed by atoms with Crippen LogP contribution in [-0.2, 0) is 4.74 Å². The lowest BCUT2D eigenvalue weighted by molar-refractivity contribution is 0.0534. The van der Waals surface area contributed by atoms with Gasteiger partial charge in [0.2, 0.25) is 0 Å². The molecule has 2 rings (SSSR count). The smallest absolute Gasteiger partial charge is 0.407 e. The van der Waals surface area contributed by atoms with Gasteiger partial charge in [0, 0.05) is 18.3 Å². The Balaban J connectivity index is 1.88. The Morgan fingerprint density at radius 2 is 2.22 bits per heavy atom. The first-order valence-corrected chi connectivity index (χ1v) is 7.27. The highest BCUT2D eigenvalue weighted by atomic mass is 19.1. The second-order valence-corrected chi connectivity index (χ2v) is 5.98. The first kappa shape index (κ1) is 16.7. The Hall–Kier alpha value is -2.63. The third-order valence-electron chi connectivity index (χ3n) is 2.75. The molecule has 0 atom stereocenters. The normalized spacial score (nSPS) is 11.7. The number of rotatable bonds is 4. The van der Waals surface area contributed by atoms with Crippen molar-refractivity contribution in [1.82, 2.24) is 15.1 Å². The van der Waals surface area contributed by atoms with Gasteiger partial charge in [-0.25, -0.2) is 13.9 Å². The average Bonchev–Trinajstić information content (AvgIpc) is 2.90. The molecule has 1 amide bonds. The van der Waals surface area contributed by atoms with Gasteiger partial charge in [-0.3, -0.25) is 0 Å². The summed E-state index contributed by atoms with van der Waals surface area (Å²) in [6.07, 6.45) is 6.59. The molecule has 2 aromatic rings. The van der Waals surface area contributed by atoms with Crippen molar-refractivity contribution in [2.75, 3.05) is 6.54 Å². The number of aromatic nitrogens is 2. The van der Waals surface area contributed by atoms with Gasteiger partial charge in [-0.05, 0) is 39.0 Å². The molecule has 1 aromatic carbocycles. The van der Waals surface area contributed by atoms with E-state index in [9.17, 15) is 9.18 Å². The van der Waals surface area contributed by atoms with Gasteiger partial charge in [0.05, 0.1) is 11.9 Å². The number of carbonyl (C=O) groups excluding carboxylic acids is 1. The molecular weight excluding hydrogens is 297 g/mol. The molecule has 0 aliphatic heterocycles. The van der Waals surface area contributed by atoms with E-state index in [0.29, 0.717) is 12.2 Å². The minimum atomic E-state index is -0.514. The number of amides is 1. The van der Waals surface area contributed by atoms with Crippen LogP contribution in [0, 0.1) is 5.82 Å². The molecule has 1 aromatic heterocycles. The Labute approximate surface area is 134 Å². The van der Waals surface area contributed by atoms with Crippen LogP contribution in [0.15, 0.2) is 42.7 Å². The molecule has 23 heavy (non-hydrogen) atoms. The standard InChI is InChI=1S/C17H20FN3O2/c1-17(2,3)23-16(22)19-9-5-6-13-11-20-21(12-13)15-8-4-7-14(18)10-15/h4-8,10-12H,9H2,1-3H3,(H,19,22). The van der Waals surface area contributed by atoms with E-state index in [4.69, 9.17) is 4.74 Å². The van der Waals surface area contributed by atoms with Crippen molar-refractivity contribution in [2.24, 2.45) is 0 Å². The zero-order chi connectivity index (χ0) is 16.9. The van der Waals surface area contributed by atoms with Crippen LogP contribution in [0.2, 0.25) is 0 Å². The number of hydrogen-bond donors (Lipinski definition) is 1. The number of ether oxygens (including phenoxy) is 1. The van der Waals surface area contributed by atoms with E-state index in [2.05, 4.69) is 10.4 Å². The van der Waals surface area contributed by atoms with Crippen LogP contribution in [0.4, 0.5) is 9.18 Å². The van der Waals surface area contributed by atoms with E-state index in [0.717, 1.165) is 5.56 Å². The number of nitrogens with zero attached hydrogens (tertiary/aromatic N) is 2. The lowest BCUT2D eigenvalue weighted by Crippen LogP contribution is -2.32. The molecule has 1 N–H and O–H groups in total. The van der Waals surface area contributed by atoms with E-state index in [1.54, 1.807) is 35.3 Å². The first-order chi connectivity index (χ1) is 10.8. The third kappa shape index (κ3) is 5.58. The molecular formula is C17H20FN3O2. The fraction of sp³-hybridized carbons (Fsp3) is 0.294. The lowest BCUT2D eigenvalue weighted by atomic mass is 10.2. The van der Waals surface area contributed by atoms with Crippen molar-refractivity contribution in [1.29, 1.82) is 0 Å². The Kier molecular flexibility index (Phi) is 5.16. The Morgan fingerprint density at radius 3 is 2.91 bits per heavy atom. The van der Waals surface area contributed by atoms with Crippen LogP contribution in [0.5, 0.6) is 0 Å². The monoisotopic (exact) mass is 317 g/mol. The maximum absolute atomic E-state index is 13.2. The second-order valence-electron chi connectivity index (χ2n) is 5.98. The van der Waals surface area contributed by atoms with Gasteiger partial charge in [-0.1, -0.05) is 18.2 Å². The molecule has 0 aliphatic rings. The number of halogens is 1. The highest BCUT2D eigenvalue weighted by Crippen LogP contribution is 2.11. The minimum Gasteiger partial charge on any atom is -0.444 e. The molecule has 0 fully saturated rings. The Morgan fingerprint density at radius 1 is 1.43 bits per heavy atom. The molecule has 1 heterocycles. The van der Waals surface area contributed by atoms with Crippen LogP contribution in [0.25, 0.3) is 11.8 Å². The molecule has 0 unspecified atom stereocenters. The fourth-order valence-corrected chi connectivity index (χ4v) is 1.83. The molecule has 6 heteroatoms. The number of carbonyl (C=O) groups is 1. The van der Waals surface area contributed by atoms with Crippen molar-refractivity contribution in [2.45, 2.75) is 26.4 Å². The summed E-state index contributed by atoms with van der Waals surface area (Å²) in [5.41, 5.74) is 0.983. The highest BCUT2D eigenvalue weighted by molar-refractivity contribution is 5.68. The number of hydrogen-bond acceptors (Lipinski definition) is 3. The molecule has 0 radical (unpaired) electrons. The van der Waals surface area contributed by atoms with Crippen LogP contribution < -0.4 is 5.32 Å². The van der Waals surface area contributed by atoms with Crippen molar-refractivity contribution >= 4 is 12.2 Å². The van der Waals surface area contributed by atoms with Crippen molar-refractivity contribution in [3.63, 3.8) is 0 Å². The van der Waals surface area contributed by atoms with Gasteiger partial charge in [-0.15, -0.1) is 0 Å².